The Hall–Kier alpha value is -3.83. The minimum atomic E-state index is -4.00. The van der Waals surface area contributed by atoms with E-state index in [9.17, 15) is 32.4 Å². The maximum Gasteiger partial charge on any atom is 0.407 e. The summed E-state index contributed by atoms with van der Waals surface area (Å²) in [5, 5.41) is 8.21. The number of ether oxygens (including phenoxy) is 1. The third kappa shape index (κ3) is 8.26. The molecule has 2 aliphatic carbocycles. The van der Waals surface area contributed by atoms with E-state index < -0.39 is 68.0 Å². The Labute approximate surface area is 336 Å². The molecule has 7 rings (SSSR count). The topological polar surface area (TPSA) is 184 Å². The Morgan fingerprint density at radius 3 is 2.55 bits per heavy atom. The summed E-state index contributed by atoms with van der Waals surface area (Å²) >= 11 is 2.99. The van der Waals surface area contributed by atoms with E-state index in [2.05, 4.69) is 20.3 Å². The standard InChI is InChI=1S/C39H52N6O8S3/c1-23-13-14-29(55-23)32-40-28(21-54-32)33(47)44-18-24-19-45-30(26(24)20-44)31(46)42-39(35(49)43-56(51,52)38(5)15-16-38)17-25(39)11-9-7-6-8-10-12-27(34(45)48)41-36(50)53-22-37(2,3)4/h9,11,13-14,21,24-27,30H,6-8,10,12,15-20,22H2,1-5H3,(H,41,50)(H,42,46)(H,43,49)/b11-9-/t24-,25+,26-,27-,30-,39-/m0/s1. The third-order valence-electron chi connectivity index (χ3n) is 11.7. The number of allylic oxidation sites excluding steroid dienone is 1. The predicted molar refractivity (Wildman–Crippen MR) is 212 cm³/mol. The normalized spacial score (nSPS) is 29.5. The van der Waals surface area contributed by atoms with Gasteiger partial charge in [0.2, 0.25) is 21.8 Å². The number of thiazole rings is 1. The number of fused-ring (bicyclic) bond motifs is 4. The third-order valence-corrected chi connectivity index (χ3v) is 15.9. The first-order chi connectivity index (χ1) is 26.4. The molecule has 56 heavy (non-hydrogen) atoms. The van der Waals surface area contributed by atoms with Crippen molar-refractivity contribution in [2.24, 2.45) is 23.2 Å². The monoisotopic (exact) mass is 828 g/mol. The van der Waals surface area contributed by atoms with Crippen LogP contribution >= 0.6 is 22.7 Å². The first-order valence-electron chi connectivity index (χ1n) is 19.5. The van der Waals surface area contributed by atoms with Crippen LogP contribution in [0.15, 0.2) is 29.7 Å². The molecular weight excluding hydrogens is 777 g/mol. The molecule has 0 bridgehead atoms. The zero-order valence-electron chi connectivity index (χ0n) is 32.6. The van der Waals surface area contributed by atoms with E-state index in [1.165, 1.54) is 16.2 Å². The molecule has 0 spiro atoms. The summed E-state index contributed by atoms with van der Waals surface area (Å²) in [4.78, 5) is 80.1. The highest BCUT2D eigenvalue weighted by atomic mass is 32.2. The minimum Gasteiger partial charge on any atom is -0.449 e. The smallest absolute Gasteiger partial charge is 0.407 e. The molecule has 0 radical (unpaired) electrons. The van der Waals surface area contributed by atoms with Crippen LogP contribution in [0.2, 0.25) is 0 Å². The Bertz CT molecular complexity index is 2030. The first-order valence-corrected chi connectivity index (χ1v) is 22.7. The maximum absolute atomic E-state index is 14.7. The Morgan fingerprint density at radius 1 is 1.09 bits per heavy atom. The molecule has 2 saturated carbocycles. The van der Waals surface area contributed by atoms with Crippen LogP contribution in [-0.2, 0) is 29.1 Å². The van der Waals surface area contributed by atoms with Gasteiger partial charge in [-0.3, -0.25) is 23.9 Å². The van der Waals surface area contributed by atoms with Gasteiger partial charge in [-0.05, 0) is 69.9 Å². The number of aryl methyl sites for hydroxylation is 1. The molecule has 2 aromatic heterocycles. The van der Waals surface area contributed by atoms with Crippen LogP contribution in [0.4, 0.5) is 4.79 Å². The zero-order valence-corrected chi connectivity index (χ0v) is 35.0. The first kappa shape index (κ1) is 40.4. The molecule has 14 nitrogen and oxygen atoms in total. The number of thiophene rings is 1. The highest BCUT2D eigenvalue weighted by molar-refractivity contribution is 7.91. The second kappa shape index (κ2) is 15.2. The van der Waals surface area contributed by atoms with Crippen LogP contribution in [0, 0.1) is 30.1 Å². The average Bonchev–Trinajstić information content (AvgIpc) is 3.66. The van der Waals surface area contributed by atoms with Gasteiger partial charge in [0.25, 0.3) is 11.8 Å². The quantitative estimate of drug-likeness (QED) is 0.336. The fourth-order valence-electron chi connectivity index (χ4n) is 8.00. The van der Waals surface area contributed by atoms with E-state index >= 15 is 0 Å². The molecule has 2 saturated heterocycles. The number of carbonyl (C=O) groups excluding carboxylic acids is 5. The number of likely N-dealkylation sites (tertiary alicyclic amines) is 1. The molecule has 5 amide bonds. The second-order valence-electron chi connectivity index (χ2n) is 17.6. The van der Waals surface area contributed by atoms with Crippen molar-refractivity contribution in [2.75, 3.05) is 26.2 Å². The molecule has 0 aromatic carbocycles. The Balaban J connectivity index is 1.17. The number of hydrogen-bond acceptors (Lipinski definition) is 11. The van der Waals surface area contributed by atoms with Crippen molar-refractivity contribution >= 4 is 62.4 Å². The summed E-state index contributed by atoms with van der Waals surface area (Å²) in [5.41, 5.74) is -1.52. The molecular formula is C39H52N6O8S3. The van der Waals surface area contributed by atoms with Crippen molar-refractivity contribution < 1.29 is 37.1 Å². The van der Waals surface area contributed by atoms with E-state index in [1.807, 2.05) is 52.0 Å². The van der Waals surface area contributed by atoms with Gasteiger partial charge in [-0.1, -0.05) is 45.8 Å². The van der Waals surface area contributed by atoms with Gasteiger partial charge in [-0.2, -0.15) is 0 Å². The summed E-state index contributed by atoms with van der Waals surface area (Å²) in [7, 11) is -4.00. The number of amides is 5. The summed E-state index contributed by atoms with van der Waals surface area (Å²) in [6, 6.07) is 1.91. The predicted octanol–water partition coefficient (Wildman–Crippen LogP) is 4.61. The van der Waals surface area contributed by atoms with Crippen LogP contribution in [0.25, 0.3) is 9.88 Å². The lowest BCUT2D eigenvalue weighted by Crippen LogP contribution is -2.60. The summed E-state index contributed by atoms with van der Waals surface area (Å²) in [6.07, 6.45) is 7.40. The number of alkyl carbamates (subject to hydrolysis) is 1. The number of nitrogens with zero attached hydrogens (tertiary/aromatic N) is 3. The fourth-order valence-corrected chi connectivity index (χ4v) is 11.0. The van der Waals surface area contributed by atoms with E-state index in [4.69, 9.17) is 4.74 Å². The van der Waals surface area contributed by atoms with Gasteiger partial charge in [0.1, 0.15) is 28.3 Å². The average molecular weight is 829 g/mol. The summed E-state index contributed by atoms with van der Waals surface area (Å²) in [6.45, 7) is 10.1. The van der Waals surface area contributed by atoms with E-state index in [1.54, 1.807) is 28.5 Å². The largest absolute Gasteiger partial charge is 0.449 e. The molecule has 3 aliphatic heterocycles. The number of hydrogen-bond donors (Lipinski definition) is 3. The van der Waals surface area contributed by atoms with Crippen molar-refractivity contribution in [3.8, 4) is 9.88 Å². The van der Waals surface area contributed by atoms with Gasteiger partial charge in [0.15, 0.2) is 0 Å². The van der Waals surface area contributed by atoms with Crippen LogP contribution in [0.5, 0.6) is 0 Å². The van der Waals surface area contributed by atoms with Gasteiger partial charge in [0, 0.05) is 47.6 Å². The van der Waals surface area contributed by atoms with Gasteiger partial charge in [-0.25, -0.2) is 18.2 Å². The number of carbonyl (C=O) groups is 5. The molecule has 4 fully saturated rings. The maximum atomic E-state index is 14.7. The lowest BCUT2D eigenvalue weighted by molar-refractivity contribution is -0.142. The molecule has 2 aromatic rings. The van der Waals surface area contributed by atoms with Crippen molar-refractivity contribution in [2.45, 2.75) is 108 Å². The molecule has 3 N–H and O–H groups in total. The van der Waals surface area contributed by atoms with Crippen LogP contribution in [0.3, 0.4) is 0 Å². The molecule has 6 atom stereocenters. The van der Waals surface area contributed by atoms with Crippen LogP contribution < -0.4 is 15.4 Å². The van der Waals surface area contributed by atoms with Crippen molar-refractivity contribution in [1.82, 2.24) is 30.1 Å². The summed E-state index contributed by atoms with van der Waals surface area (Å²) < 4.78 is 33.1. The van der Waals surface area contributed by atoms with Gasteiger partial charge in [-0.15, -0.1) is 22.7 Å². The van der Waals surface area contributed by atoms with Gasteiger partial charge >= 0.3 is 6.09 Å². The van der Waals surface area contributed by atoms with Crippen LogP contribution in [-0.4, -0.2) is 102 Å². The molecule has 5 aliphatic rings. The lowest BCUT2D eigenvalue weighted by Gasteiger charge is -2.33. The van der Waals surface area contributed by atoms with Crippen molar-refractivity contribution in [1.29, 1.82) is 0 Å². The lowest BCUT2D eigenvalue weighted by atomic mass is 9.93. The van der Waals surface area contributed by atoms with Crippen molar-refractivity contribution in [3.05, 3.63) is 40.2 Å². The Morgan fingerprint density at radius 2 is 1.86 bits per heavy atom. The SMILES string of the molecule is Cc1ccc(-c2nc(C(=O)N3C[C@H]4CN5C(=O)[C@@H](NC(=O)OCC(C)(C)C)CCCCC/C=C\[C@@H]6C[C@]6(C(=O)NS(=O)(=O)C6(C)CC6)NC(=O)[C@@H]5[C@H]4C3)cs2)s1. The van der Waals surface area contributed by atoms with Crippen molar-refractivity contribution in [3.63, 3.8) is 0 Å². The Kier molecular flexibility index (Phi) is 10.9. The molecule has 5 heterocycles. The fraction of sp³-hybridized carbons (Fsp3) is 0.641. The highest BCUT2D eigenvalue weighted by Crippen LogP contribution is 2.48. The molecule has 304 valence electrons. The number of aromatic nitrogens is 1. The highest BCUT2D eigenvalue weighted by Gasteiger charge is 2.64. The van der Waals surface area contributed by atoms with E-state index in [-0.39, 0.29) is 49.9 Å². The van der Waals surface area contributed by atoms with Gasteiger partial charge in [0.05, 0.1) is 16.2 Å². The number of sulfonamides is 1. The van der Waals surface area contributed by atoms with E-state index in [0.29, 0.717) is 37.8 Å². The second-order valence-corrected chi connectivity index (χ2v) is 21.9. The number of rotatable bonds is 7. The minimum absolute atomic E-state index is 0.141. The van der Waals surface area contributed by atoms with Crippen LogP contribution in [0.1, 0.15) is 94.4 Å². The van der Waals surface area contributed by atoms with E-state index in [0.717, 1.165) is 27.6 Å². The number of nitrogens with one attached hydrogen (secondary N) is 3. The molecule has 0 unspecified atom stereocenters. The summed E-state index contributed by atoms with van der Waals surface area (Å²) in [5.74, 6) is -3.33. The zero-order chi connectivity index (χ0) is 40.2. The molecule has 17 heteroatoms. The van der Waals surface area contributed by atoms with Gasteiger partial charge < -0.3 is 25.2 Å².